The molecule has 3 rings (SSSR count). The third kappa shape index (κ3) is 2.74. The van der Waals surface area contributed by atoms with Gasteiger partial charge in [-0.2, -0.15) is 0 Å². The molecule has 0 fully saturated rings. The smallest absolute Gasteiger partial charge is 0.0565 e. The molecule has 116 valence electrons. The van der Waals surface area contributed by atoms with Crippen LogP contribution in [0.5, 0.6) is 0 Å². The highest BCUT2D eigenvalue weighted by Crippen LogP contribution is 2.43. The molecule has 22 heavy (non-hydrogen) atoms. The summed E-state index contributed by atoms with van der Waals surface area (Å²) in [5.74, 6) is 0. The molecule has 0 aromatic heterocycles. The van der Waals surface area contributed by atoms with Gasteiger partial charge in [-0.05, 0) is 33.0 Å². The molecule has 0 bridgehead atoms. The number of rotatable bonds is 2. The molecular formula is C20H28Si2. The van der Waals surface area contributed by atoms with Gasteiger partial charge in [0.1, 0.15) is 0 Å². The highest BCUT2D eigenvalue weighted by atomic mass is 28.3. The van der Waals surface area contributed by atoms with Crippen LogP contribution in [0, 0.1) is 0 Å². The maximum Gasteiger partial charge on any atom is 0.0565 e. The predicted molar refractivity (Wildman–Crippen MR) is 105 cm³/mol. The van der Waals surface area contributed by atoms with Gasteiger partial charge < -0.3 is 0 Å². The minimum Gasteiger partial charge on any atom is -0.0834 e. The van der Waals surface area contributed by atoms with Crippen LogP contribution in [-0.2, 0) is 0 Å². The molecule has 0 saturated carbocycles. The first-order valence-corrected chi connectivity index (χ1v) is 15.5. The molecule has 1 aliphatic carbocycles. The van der Waals surface area contributed by atoms with Crippen molar-refractivity contribution >= 4 is 26.9 Å². The molecule has 2 aromatic rings. The Morgan fingerprint density at radius 3 is 1.32 bits per heavy atom. The Morgan fingerprint density at radius 1 is 0.636 bits per heavy atom. The van der Waals surface area contributed by atoms with Crippen molar-refractivity contribution in [1.29, 1.82) is 0 Å². The molecular weight excluding hydrogens is 296 g/mol. The van der Waals surface area contributed by atoms with Crippen molar-refractivity contribution in [2.45, 2.75) is 50.4 Å². The van der Waals surface area contributed by atoms with E-state index in [0.29, 0.717) is 11.1 Å². The second-order valence-electron chi connectivity index (χ2n) is 8.90. The van der Waals surface area contributed by atoms with Crippen LogP contribution in [0.25, 0.3) is 10.8 Å². The summed E-state index contributed by atoms with van der Waals surface area (Å²) in [7, 11) is -2.51. The van der Waals surface area contributed by atoms with Crippen LogP contribution in [0.2, 0.25) is 39.3 Å². The quantitative estimate of drug-likeness (QED) is 0.447. The molecule has 0 saturated heterocycles. The maximum atomic E-state index is 2.55. The van der Waals surface area contributed by atoms with E-state index in [1.807, 2.05) is 0 Å². The standard InChI is InChI=1S/C20H28Si2/c1-21(2,3)19-11-12-20(22(4,5)6)18-14-16-10-8-7-9-15(16)13-17(18)19/h7-14,19-20H,1-6H3. The van der Waals surface area contributed by atoms with Gasteiger partial charge in [0.2, 0.25) is 0 Å². The zero-order valence-corrected chi connectivity index (χ0v) is 16.8. The van der Waals surface area contributed by atoms with Gasteiger partial charge in [0.25, 0.3) is 0 Å². The number of allylic oxidation sites excluding steroid dienone is 2. The van der Waals surface area contributed by atoms with E-state index in [-0.39, 0.29) is 0 Å². The van der Waals surface area contributed by atoms with Gasteiger partial charge in [0, 0.05) is 0 Å². The molecule has 0 nitrogen and oxygen atoms in total. The first kappa shape index (κ1) is 15.8. The fourth-order valence-corrected chi connectivity index (χ4v) is 7.50. The molecule has 0 N–H and O–H groups in total. The minimum absolute atomic E-state index is 0.653. The van der Waals surface area contributed by atoms with Gasteiger partial charge in [0.05, 0.1) is 16.1 Å². The largest absolute Gasteiger partial charge is 0.0834 e. The molecule has 1 aliphatic rings. The SMILES string of the molecule is C[Si](C)(C)C1C=CC([Si](C)(C)C)c2cc3ccccc3cc21. The van der Waals surface area contributed by atoms with E-state index in [2.05, 4.69) is 87.8 Å². The number of fused-ring (bicyclic) bond motifs is 2. The van der Waals surface area contributed by atoms with Crippen molar-refractivity contribution in [1.82, 2.24) is 0 Å². The highest BCUT2D eigenvalue weighted by Gasteiger charge is 2.36. The Hall–Kier alpha value is -1.13. The number of benzene rings is 2. The molecule has 0 amide bonds. The van der Waals surface area contributed by atoms with E-state index in [1.54, 1.807) is 11.1 Å². The average Bonchev–Trinajstić information content (AvgIpc) is 2.41. The average molecular weight is 325 g/mol. The Balaban J connectivity index is 2.27. The van der Waals surface area contributed by atoms with Crippen molar-refractivity contribution in [2.24, 2.45) is 0 Å². The van der Waals surface area contributed by atoms with Crippen LogP contribution in [0.3, 0.4) is 0 Å². The van der Waals surface area contributed by atoms with Gasteiger partial charge >= 0.3 is 0 Å². The Bertz CT molecular complexity index is 667. The van der Waals surface area contributed by atoms with E-state index in [0.717, 1.165) is 0 Å². The van der Waals surface area contributed by atoms with Crippen LogP contribution >= 0.6 is 0 Å². The van der Waals surface area contributed by atoms with E-state index in [4.69, 9.17) is 0 Å². The van der Waals surface area contributed by atoms with Gasteiger partial charge in [0.15, 0.2) is 0 Å². The second-order valence-corrected chi connectivity index (χ2v) is 19.6. The van der Waals surface area contributed by atoms with Gasteiger partial charge in [-0.3, -0.25) is 0 Å². The molecule has 2 atom stereocenters. The van der Waals surface area contributed by atoms with Gasteiger partial charge in [-0.25, -0.2) is 0 Å². The lowest BCUT2D eigenvalue weighted by molar-refractivity contribution is 0.983. The zero-order chi connectivity index (χ0) is 16.1. The third-order valence-corrected chi connectivity index (χ3v) is 9.72. The van der Waals surface area contributed by atoms with Crippen molar-refractivity contribution in [2.75, 3.05) is 0 Å². The van der Waals surface area contributed by atoms with E-state index < -0.39 is 16.1 Å². The summed E-state index contributed by atoms with van der Waals surface area (Å²) >= 11 is 0. The first-order valence-electron chi connectivity index (χ1n) is 8.39. The summed E-state index contributed by atoms with van der Waals surface area (Å²) < 4.78 is 0. The Labute approximate surface area is 137 Å². The highest BCUT2D eigenvalue weighted by molar-refractivity contribution is 6.79. The van der Waals surface area contributed by atoms with Crippen molar-refractivity contribution in [3.8, 4) is 0 Å². The van der Waals surface area contributed by atoms with Crippen molar-refractivity contribution in [3.63, 3.8) is 0 Å². The number of hydrogen-bond acceptors (Lipinski definition) is 0. The molecule has 2 unspecified atom stereocenters. The van der Waals surface area contributed by atoms with Gasteiger partial charge in [-0.15, -0.1) is 0 Å². The lowest BCUT2D eigenvalue weighted by Gasteiger charge is -2.38. The van der Waals surface area contributed by atoms with Gasteiger partial charge in [-0.1, -0.05) is 87.8 Å². The summed E-state index contributed by atoms with van der Waals surface area (Å²) in [6, 6.07) is 13.8. The van der Waals surface area contributed by atoms with Crippen LogP contribution < -0.4 is 0 Å². The summed E-state index contributed by atoms with van der Waals surface area (Å²) in [6.45, 7) is 15.0. The maximum absolute atomic E-state index is 2.55. The fourth-order valence-electron chi connectivity index (χ4n) is 3.75. The van der Waals surface area contributed by atoms with E-state index >= 15 is 0 Å². The molecule has 0 heterocycles. The summed E-state index contributed by atoms with van der Waals surface area (Å²) in [5, 5.41) is 2.79. The third-order valence-electron chi connectivity index (χ3n) is 4.98. The molecule has 0 aliphatic heterocycles. The van der Waals surface area contributed by atoms with Crippen LogP contribution in [0.1, 0.15) is 22.2 Å². The zero-order valence-electron chi connectivity index (χ0n) is 14.8. The topological polar surface area (TPSA) is 0 Å². The van der Waals surface area contributed by atoms with Crippen molar-refractivity contribution < 1.29 is 0 Å². The van der Waals surface area contributed by atoms with Crippen LogP contribution in [-0.4, -0.2) is 16.1 Å². The summed E-state index contributed by atoms with van der Waals surface area (Å²) in [4.78, 5) is 0. The molecule has 0 spiro atoms. The molecule has 0 radical (unpaired) electrons. The lowest BCUT2D eigenvalue weighted by Crippen LogP contribution is -2.37. The number of hydrogen-bond donors (Lipinski definition) is 0. The van der Waals surface area contributed by atoms with Crippen LogP contribution in [0.4, 0.5) is 0 Å². The van der Waals surface area contributed by atoms with E-state index in [9.17, 15) is 0 Å². The normalized spacial score (nSPS) is 21.9. The van der Waals surface area contributed by atoms with Crippen LogP contribution in [0.15, 0.2) is 48.6 Å². The van der Waals surface area contributed by atoms with E-state index in [1.165, 1.54) is 10.8 Å². The minimum atomic E-state index is -1.26. The monoisotopic (exact) mass is 324 g/mol. The molecule has 2 aromatic carbocycles. The second kappa shape index (κ2) is 5.21. The predicted octanol–water partition coefficient (Wildman–Crippen LogP) is 6.33. The lowest BCUT2D eigenvalue weighted by atomic mass is 9.92. The summed E-state index contributed by atoms with van der Waals surface area (Å²) in [5.41, 5.74) is 4.54. The summed E-state index contributed by atoms with van der Waals surface area (Å²) in [6.07, 6.45) is 5.10. The molecule has 2 heteroatoms. The first-order chi connectivity index (χ1) is 10.2. The fraction of sp³-hybridized carbons (Fsp3) is 0.400. The Kier molecular flexibility index (Phi) is 3.73. The van der Waals surface area contributed by atoms with Crippen molar-refractivity contribution in [3.05, 3.63) is 59.7 Å². The Morgan fingerprint density at radius 2 is 1.00 bits per heavy atom.